The Bertz CT molecular complexity index is 319. The minimum absolute atomic E-state index is 0.831. The third-order valence-corrected chi connectivity index (χ3v) is 1.80. The monoisotopic (exact) mass is 240 g/mol. The molecule has 0 aliphatic carbocycles. The van der Waals surface area contributed by atoms with Gasteiger partial charge in [0.2, 0.25) is 0 Å². The van der Waals surface area contributed by atoms with Crippen molar-refractivity contribution in [1.29, 1.82) is 0 Å². The molecule has 0 amide bonds. The van der Waals surface area contributed by atoms with Gasteiger partial charge in [-0.25, -0.2) is 27.8 Å². The first-order valence-corrected chi connectivity index (χ1v) is 4.99. The molecule has 0 aromatic carbocycles. The van der Waals surface area contributed by atoms with E-state index in [9.17, 15) is 0 Å². The molecular formula is C6H9ClN2O4S. The zero-order valence-electron chi connectivity index (χ0n) is 7.55. The molecule has 0 N–H and O–H groups in total. The van der Waals surface area contributed by atoms with Crippen LogP contribution in [0.3, 0.4) is 0 Å². The van der Waals surface area contributed by atoms with Crippen molar-refractivity contribution in [3.05, 3.63) is 23.2 Å². The van der Waals surface area contributed by atoms with Crippen LogP contribution in [-0.2, 0) is 14.1 Å². The summed E-state index contributed by atoms with van der Waals surface area (Å²) < 4.78 is 38.6. The van der Waals surface area contributed by atoms with Crippen LogP contribution in [0.25, 0.3) is 0 Å². The Morgan fingerprint density at radius 2 is 1.79 bits per heavy atom. The summed E-state index contributed by atoms with van der Waals surface area (Å²) in [6.45, 7) is 0. The molecule has 0 saturated heterocycles. The van der Waals surface area contributed by atoms with E-state index in [0.29, 0.717) is 0 Å². The lowest BCUT2D eigenvalue weighted by atomic mass is 10.6. The van der Waals surface area contributed by atoms with Gasteiger partial charge in [-0.05, 0) is 0 Å². The summed E-state index contributed by atoms with van der Waals surface area (Å²) >= 11 is 5.02. The van der Waals surface area contributed by atoms with Crippen LogP contribution < -0.4 is 23.2 Å². The summed E-state index contributed by atoms with van der Waals surface area (Å²) in [5, 5.41) is 0. The molecule has 0 bridgehead atoms. The number of halogens is 1. The van der Waals surface area contributed by atoms with Gasteiger partial charge in [-0.3, -0.25) is 0 Å². The molecule has 1 aromatic heterocycles. The van der Waals surface area contributed by atoms with Crippen LogP contribution in [0.5, 0.6) is 0 Å². The van der Waals surface area contributed by atoms with Gasteiger partial charge in [0.25, 0.3) is 0 Å². The molecule has 80 valence electrons. The second-order valence-electron chi connectivity index (χ2n) is 2.37. The van der Waals surface area contributed by atoms with Crippen LogP contribution in [0.1, 0.15) is 0 Å². The molecule has 0 atom stereocenters. The summed E-state index contributed by atoms with van der Waals surface area (Å²) in [6, 6.07) is 1.95. The van der Waals surface area contributed by atoms with Crippen LogP contribution in [-0.4, -0.2) is 4.57 Å². The predicted octanol–water partition coefficient (Wildman–Crippen LogP) is -4.18. The lowest BCUT2D eigenvalue weighted by molar-refractivity contribution is -2.00. The maximum atomic E-state index is 8.49. The van der Waals surface area contributed by atoms with Crippen molar-refractivity contribution >= 4 is 12.2 Å². The third kappa shape index (κ3) is 6.89. The normalized spacial score (nSPS) is 10.4. The molecule has 0 aliphatic rings. The van der Waals surface area contributed by atoms with Crippen molar-refractivity contribution in [2.45, 2.75) is 0 Å². The van der Waals surface area contributed by atoms with Crippen LogP contribution in [0.15, 0.2) is 18.5 Å². The number of hydrogen-bond donors (Lipinski definition) is 0. The lowest BCUT2D eigenvalue weighted by Gasteiger charge is -2.17. The highest BCUT2D eigenvalue weighted by atomic mass is 35.7. The summed E-state index contributed by atoms with van der Waals surface area (Å²) in [5.41, 5.74) is 0. The molecule has 1 rings (SSSR count). The van der Waals surface area contributed by atoms with E-state index in [-0.39, 0.29) is 0 Å². The molecule has 6 nitrogen and oxygen atoms in total. The van der Waals surface area contributed by atoms with E-state index >= 15 is 0 Å². The van der Waals surface area contributed by atoms with E-state index in [2.05, 4.69) is 0 Å². The van der Waals surface area contributed by atoms with Gasteiger partial charge in [-0.1, -0.05) is 0 Å². The second-order valence-corrected chi connectivity index (χ2v) is 3.49. The third-order valence-electron chi connectivity index (χ3n) is 1.22. The number of aromatic nitrogens is 2. The molecule has 1 heterocycles. The second kappa shape index (κ2) is 5.35. The molecule has 8 heteroatoms. The first-order valence-electron chi connectivity index (χ1n) is 3.35. The van der Waals surface area contributed by atoms with Gasteiger partial charge in [-0.2, -0.15) is 0 Å². The molecule has 0 radical (unpaired) electrons. The maximum absolute atomic E-state index is 8.49. The van der Waals surface area contributed by atoms with Crippen LogP contribution in [0.2, 0.25) is 0 Å². The Labute approximate surface area is 88.0 Å². The van der Waals surface area contributed by atoms with Gasteiger partial charge in [0.15, 0.2) is 0 Å². The minimum Gasteiger partial charge on any atom is -0.227 e. The molecule has 0 aliphatic heterocycles. The largest absolute Gasteiger partial charge is 0.350 e. The predicted molar refractivity (Wildman–Crippen MR) is 37.4 cm³/mol. The van der Waals surface area contributed by atoms with Crippen molar-refractivity contribution in [2.24, 2.45) is 14.1 Å². The summed E-state index contributed by atoms with van der Waals surface area (Å²) in [7, 11) is -1.08. The van der Waals surface area contributed by atoms with Gasteiger partial charge in [0.05, 0.1) is 26.5 Å². The average Bonchev–Trinajstić information content (AvgIpc) is 1.97. The number of nitrogens with zero attached hydrogens (tertiary/aromatic N) is 2. The quantitative estimate of drug-likeness (QED) is 0.338. The lowest BCUT2D eigenvalue weighted by Crippen LogP contribution is -2.68. The van der Waals surface area contributed by atoms with E-state index < -0.39 is 10.2 Å². The van der Waals surface area contributed by atoms with Crippen molar-refractivity contribution in [2.75, 3.05) is 0 Å². The first-order chi connectivity index (χ1) is 6.22. The van der Waals surface area contributed by atoms with E-state index in [1.54, 1.807) is 0 Å². The Kier molecular flexibility index (Phi) is 5.13. The van der Waals surface area contributed by atoms with Gasteiger partial charge in [-0.15, -0.1) is 10.2 Å². The summed E-state index contributed by atoms with van der Waals surface area (Å²) in [6.07, 6.45) is 3.87. The standard InChI is InChI=1S/C6H9N2S.ClHO4/c1-7-4-3-5-8(2)6(7)9;2-1(3,4)5/h3-5H,1-2H3;(H,2,3,4,5)/q+1;/p-1. The molecule has 14 heavy (non-hydrogen) atoms. The van der Waals surface area contributed by atoms with E-state index in [4.69, 9.17) is 30.9 Å². The molecule has 0 spiro atoms. The molecular weight excluding hydrogens is 232 g/mol. The van der Waals surface area contributed by atoms with E-state index in [0.717, 1.165) is 4.77 Å². The van der Waals surface area contributed by atoms with Crippen LogP contribution in [0.4, 0.5) is 0 Å². The fourth-order valence-electron chi connectivity index (χ4n) is 0.673. The topological polar surface area (TPSA) is 101 Å². The Morgan fingerprint density at radius 3 is 2.07 bits per heavy atom. The number of rotatable bonds is 0. The zero-order valence-corrected chi connectivity index (χ0v) is 9.12. The molecule has 0 fully saturated rings. The highest BCUT2D eigenvalue weighted by Gasteiger charge is 1.93. The van der Waals surface area contributed by atoms with E-state index in [1.165, 1.54) is 0 Å². The summed E-state index contributed by atoms with van der Waals surface area (Å²) in [5.74, 6) is 0. The Morgan fingerprint density at radius 1 is 1.36 bits per heavy atom. The highest BCUT2D eigenvalue weighted by molar-refractivity contribution is 7.71. The van der Waals surface area contributed by atoms with Crippen molar-refractivity contribution < 1.29 is 33.4 Å². The number of aryl methyl sites for hydroxylation is 2. The van der Waals surface area contributed by atoms with Crippen LogP contribution >= 0.6 is 12.2 Å². The van der Waals surface area contributed by atoms with Crippen LogP contribution in [0, 0.1) is 15.0 Å². The maximum Gasteiger partial charge on any atom is 0.350 e. The van der Waals surface area contributed by atoms with Crippen molar-refractivity contribution in [1.82, 2.24) is 4.57 Å². The van der Waals surface area contributed by atoms with Crippen molar-refractivity contribution in [3.8, 4) is 0 Å². The highest BCUT2D eigenvalue weighted by Crippen LogP contribution is 1.79. The van der Waals surface area contributed by atoms with E-state index in [1.807, 2.05) is 41.7 Å². The Hall–Kier alpha value is -0.570. The molecule has 1 aromatic rings. The Balaban J connectivity index is 0.000000292. The smallest absolute Gasteiger partial charge is 0.227 e. The molecule has 0 unspecified atom stereocenters. The first kappa shape index (κ1) is 13.4. The average molecular weight is 241 g/mol. The SMILES string of the molecule is Cn1ccc[n+](C)c1=S.[O-][Cl+3]([O-])([O-])[O-]. The van der Waals surface area contributed by atoms with Crippen molar-refractivity contribution in [3.63, 3.8) is 0 Å². The fraction of sp³-hybridized carbons (Fsp3) is 0.333. The van der Waals surface area contributed by atoms with Gasteiger partial charge < -0.3 is 0 Å². The summed E-state index contributed by atoms with van der Waals surface area (Å²) in [4.78, 5) is 0. The minimum atomic E-state index is -4.94. The zero-order chi connectivity index (χ0) is 11.4. The number of hydrogen-bond acceptors (Lipinski definition) is 5. The van der Waals surface area contributed by atoms with Gasteiger partial charge in [0, 0.05) is 18.3 Å². The molecule has 0 saturated carbocycles. The van der Waals surface area contributed by atoms with Gasteiger partial charge >= 0.3 is 4.77 Å². The van der Waals surface area contributed by atoms with Gasteiger partial charge in [0.1, 0.15) is 0 Å². The fourth-order valence-corrected chi connectivity index (χ4v) is 0.795.